The number of rotatable bonds is 2. The second-order valence-corrected chi connectivity index (χ2v) is 4.89. The highest BCUT2D eigenvalue weighted by atomic mass is 15.2. The number of likely N-dealkylation sites (N-methyl/N-ethyl adjacent to an activating group) is 1. The molecule has 1 fully saturated rings. The molecule has 0 radical (unpaired) electrons. The molecule has 2 aliphatic rings. The van der Waals surface area contributed by atoms with Crippen LogP contribution < -0.4 is 5.73 Å². The molecule has 15 heavy (non-hydrogen) atoms. The molecule has 1 aromatic rings. The zero-order valence-corrected chi connectivity index (χ0v) is 9.19. The number of nitrogens with two attached hydrogens (primary N) is 1. The van der Waals surface area contributed by atoms with Gasteiger partial charge >= 0.3 is 0 Å². The van der Waals surface area contributed by atoms with Gasteiger partial charge in [-0.1, -0.05) is 24.3 Å². The minimum absolute atomic E-state index is 0.215. The van der Waals surface area contributed by atoms with Gasteiger partial charge in [0.05, 0.1) is 0 Å². The van der Waals surface area contributed by atoms with Crippen molar-refractivity contribution in [2.75, 3.05) is 7.05 Å². The molecular formula is C13H18N2. The second kappa shape index (κ2) is 3.32. The molecule has 2 aliphatic carbocycles. The van der Waals surface area contributed by atoms with Crippen molar-refractivity contribution in [1.82, 2.24) is 4.90 Å². The Labute approximate surface area is 91.1 Å². The molecule has 0 heterocycles. The molecule has 2 N–H and O–H groups in total. The van der Waals surface area contributed by atoms with Gasteiger partial charge in [-0.05, 0) is 37.4 Å². The molecule has 0 amide bonds. The minimum atomic E-state index is 0.215. The molecule has 1 saturated carbocycles. The lowest BCUT2D eigenvalue weighted by molar-refractivity contribution is 0.213. The Morgan fingerprint density at radius 2 is 2.00 bits per heavy atom. The molecule has 80 valence electrons. The van der Waals surface area contributed by atoms with E-state index in [0.717, 1.165) is 12.5 Å². The van der Waals surface area contributed by atoms with Gasteiger partial charge in [0.1, 0.15) is 0 Å². The SMILES string of the molecule is CN(C1CC1)C1Cc2ccccc2C1N. The van der Waals surface area contributed by atoms with E-state index in [1.54, 1.807) is 0 Å². The quantitative estimate of drug-likeness (QED) is 0.791. The predicted molar refractivity (Wildman–Crippen MR) is 61.6 cm³/mol. The second-order valence-electron chi connectivity index (χ2n) is 4.89. The van der Waals surface area contributed by atoms with Crippen LogP contribution in [0.1, 0.15) is 30.0 Å². The van der Waals surface area contributed by atoms with Crippen LogP contribution in [0.4, 0.5) is 0 Å². The molecule has 0 aromatic heterocycles. The predicted octanol–water partition coefficient (Wildman–Crippen LogP) is 1.71. The summed E-state index contributed by atoms with van der Waals surface area (Å²) in [6, 6.07) is 10.1. The first-order valence-corrected chi connectivity index (χ1v) is 5.82. The molecule has 0 aliphatic heterocycles. The molecule has 1 aromatic carbocycles. The third-order valence-electron chi connectivity index (χ3n) is 3.90. The van der Waals surface area contributed by atoms with E-state index >= 15 is 0 Å². The van der Waals surface area contributed by atoms with E-state index in [-0.39, 0.29) is 6.04 Å². The first-order valence-electron chi connectivity index (χ1n) is 5.82. The standard InChI is InChI=1S/C13H18N2/c1-15(10-6-7-10)12-8-9-4-2-3-5-11(9)13(12)14/h2-5,10,12-13H,6-8,14H2,1H3. The van der Waals surface area contributed by atoms with Crippen molar-refractivity contribution in [3.05, 3.63) is 35.4 Å². The lowest BCUT2D eigenvalue weighted by Gasteiger charge is -2.27. The fraction of sp³-hybridized carbons (Fsp3) is 0.538. The van der Waals surface area contributed by atoms with Crippen molar-refractivity contribution in [2.24, 2.45) is 5.73 Å². The van der Waals surface area contributed by atoms with Gasteiger partial charge in [0.25, 0.3) is 0 Å². The fourth-order valence-electron chi connectivity index (χ4n) is 2.75. The molecular weight excluding hydrogens is 184 g/mol. The first kappa shape index (κ1) is 9.37. The summed E-state index contributed by atoms with van der Waals surface area (Å²) in [5.41, 5.74) is 9.12. The molecule has 3 rings (SSSR count). The van der Waals surface area contributed by atoms with Crippen LogP contribution in [-0.4, -0.2) is 24.0 Å². The lowest BCUT2D eigenvalue weighted by atomic mass is 10.1. The largest absolute Gasteiger partial charge is 0.323 e. The topological polar surface area (TPSA) is 29.3 Å². The van der Waals surface area contributed by atoms with Gasteiger partial charge in [0, 0.05) is 18.1 Å². The molecule has 0 saturated heterocycles. The Morgan fingerprint density at radius 1 is 1.27 bits per heavy atom. The van der Waals surface area contributed by atoms with E-state index in [1.807, 2.05) is 0 Å². The Morgan fingerprint density at radius 3 is 2.67 bits per heavy atom. The third-order valence-corrected chi connectivity index (χ3v) is 3.90. The minimum Gasteiger partial charge on any atom is -0.323 e. The van der Waals surface area contributed by atoms with Gasteiger partial charge < -0.3 is 5.73 Å². The highest BCUT2D eigenvalue weighted by molar-refractivity contribution is 5.37. The summed E-state index contributed by atoms with van der Waals surface area (Å²) >= 11 is 0. The van der Waals surface area contributed by atoms with Gasteiger partial charge in [-0.2, -0.15) is 0 Å². The van der Waals surface area contributed by atoms with Gasteiger partial charge in [-0.25, -0.2) is 0 Å². The monoisotopic (exact) mass is 202 g/mol. The van der Waals surface area contributed by atoms with Crippen molar-refractivity contribution in [3.8, 4) is 0 Å². The maximum Gasteiger partial charge on any atom is 0.0459 e. The highest BCUT2D eigenvalue weighted by Gasteiger charge is 2.38. The summed E-state index contributed by atoms with van der Waals surface area (Å²) in [6.07, 6.45) is 3.84. The summed E-state index contributed by atoms with van der Waals surface area (Å²) < 4.78 is 0. The van der Waals surface area contributed by atoms with Gasteiger partial charge in [-0.3, -0.25) is 4.90 Å². The smallest absolute Gasteiger partial charge is 0.0459 e. The van der Waals surface area contributed by atoms with Crippen LogP contribution in [0.5, 0.6) is 0 Å². The van der Waals surface area contributed by atoms with Crippen LogP contribution in [0.15, 0.2) is 24.3 Å². The average Bonchev–Trinajstić information content (AvgIpc) is 3.04. The Balaban J connectivity index is 1.85. The van der Waals surface area contributed by atoms with E-state index < -0.39 is 0 Å². The summed E-state index contributed by atoms with van der Waals surface area (Å²) in [4.78, 5) is 2.49. The van der Waals surface area contributed by atoms with E-state index in [2.05, 4.69) is 36.2 Å². The van der Waals surface area contributed by atoms with Crippen LogP contribution in [0.2, 0.25) is 0 Å². The van der Waals surface area contributed by atoms with Crippen LogP contribution >= 0.6 is 0 Å². The van der Waals surface area contributed by atoms with Crippen LogP contribution in [0, 0.1) is 0 Å². The molecule has 2 nitrogen and oxygen atoms in total. The zero-order chi connectivity index (χ0) is 10.4. The van der Waals surface area contributed by atoms with E-state index in [0.29, 0.717) is 6.04 Å². The fourth-order valence-corrected chi connectivity index (χ4v) is 2.75. The number of benzene rings is 1. The summed E-state index contributed by atoms with van der Waals surface area (Å²) in [7, 11) is 2.23. The lowest BCUT2D eigenvalue weighted by Crippen LogP contribution is -2.39. The Kier molecular flexibility index (Phi) is 2.08. The normalized spacial score (nSPS) is 29.5. The van der Waals surface area contributed by atoms with E-state index in [4.69, 9.17) is 5.73 Å². The molecule has 2 atom stereocenters. The van der Waals surface area contributed by atoms with E-state index in [1.165, 1.54) is 24.0 Å². The molecule has 0 spiro atoms. The number of fused-ring (bicyclic) bond motifs is 1. The van der Waals surface area contributed by atoms with Crippen molar-refractivity contribution < 1.29 is 0 Å². The van der Waals surface area contributed by atoms with Gasteiger partial charge in [0.15, 0.2) is 0 Å². The summed E-state index contributed by atoms with van der Waals surface area (Å²) in [6.45, 7) is 0. The third kappa shape index (κ3) is 1.48. The first-order chi connectivity index (χ1) is 7.27. The van der Waals surface area contributed by atoms with E-state index in [9.17, 15) is 0 Å². The Bertz CT molecular complexity index is 371. The number of nitrogens with zero attached hydrogens (tertiary/aromatic N) is 1. The maximum absolute atomic E-state index is 6.32. The number of hydrogen-bond acceptors (Lipinski definition) is 2. The molecule has 2 unspecified atom stereocenters. The maximum atomic E-state index is 6.32. The van der Waals surface area contributed by atoms with Crippen molar-refractivity contribution >= 4 is 0 Å². The van der Waals surface area contributed by atoms with Gasteiger partial charge in [-0.15, -0.1) is 0 Å². The van der Waals surface area contributed by atoms with Crippen molar-refractivity contribution in [2.45, 2.75) is 37.4 Å². The number of hydrogen-bond donors (Lipinski definition) is 1. The highest BCUT2D eigenvalue weighted by Crippen LogP contribution is 2.37. The summed E-state index contributed by atoms with van der Waals surface area (Å²) in [5, 5.41) is 0. The van der Waals surface area contributed by atoms with Crippen LogP contribution in [-0.2, 0) is 6.42 Å². The van der Waals surface area contributed by atoms with Crippen LogP contribution in [0.3, 0.4) is 0 Å². The van der Waals surface area contributed by atoms with Crippen molar-refractivity contribution in [3.63, 3.8) is 0 Å². The van der Waals surface area contributed by atoms with Crippen molar-refractivity contribution in [1.29, 1.82) is 0 Å². The zero-order valence-electron chi connectivity index (χ0n) is 9.19. The molecule has 0 bridgehead atoms. The Hall–Kier alpha value is -0.860. The van der Waals surface area contributed by atoms with Gasteiger partial charge in [0.2, 0.25) is 0 Å². The van der Waals surface area contributed by atoms with Crippen LogP contribution in [0.25, 0.3) is 0 Å². The summed E-state index contributed by atoms with van der Waals surface area (Å²) in [5.74, 6) is 0. The average molecular weight is 202 g/mol. The molecule has 2 heteroatoms.